The zero-order valence-electron chi connectivity index (χ0n) is 11.4. The summed E-state index contributed by atoms with van der Waals surface area (Å²) in [4.78, 5) is 24.5. The van der Waals surface area contributed by atoms with Gasteiger partial charge in [-0.1, -0.05) is 0 Å². The predicted octanol–water partition coefficient (Wildman–Crippen LogP) is 0.903. The number of amides is 1. The fourth-order valence-electron chi connectivity index (χ4n) is 2.29. The van der Waals surface area contributed by atoms with E-state index in [4.69, 9.17) is 14.6 Å². The maximum Gasteiger partial charge on any atom is 0.317 e. The number of nitrogens with one attached hydrogen (secondary N) is 1. The van der Waals surface area contributed by atoms with Gasteiger partial charge < -0.3 is 19.9 Å². The highest BCUT2D eigenvalue weighted by Crippen LogP contribution is 2.34. The van der Waals surface area contributed by atoms with Gasteiger partial charge in [0.2, 0.25) is 12.7 Å². The first-order chi connectivity index (χ1) is 10.1. The van der Waals surface area contributed by atoms with Crippen molar-refractivity contribution in [2.45, 2.75) is 18.9 Å². The summed E-state index contributed by atoms with van der Waals surface area (Å²) in [5.41, 5.74) is 0.607. The molecule has 0 radical (unpaired) electrons. The summed E-state index contributed by atoms with van der Waals surface area (Å²) in [6, 6.07) is 5.36. The number of carbonyl (C=O) groups excluding carboxylic acids is 1. The van der Waals surface area contributed by atoms with Gasteiger partial charge in [-0.05, 0) is 25.0 Å². The average Bonchev–Trinajstić information content (AvgIpc) is 3.16. The van der Waals surface area contributed by atoms with Crippen LogP contribution in [0.4, 0.5) is 5.69 Å². The molecule has 1 saturated carbocycles. The lowest BCUT2D eigenvalue weighted by Gasteiger charge is -2.19. The lowest BCUT2D eigenvalue weighted by molar-refractivity contribution is -0.138. The fourth-order valence-corrected chi connectivity index (χ4v) is 2.29. The summed E-state index contributed by atoms with van der Waals surface area (Å²) in [7, 11) is 0. The average molecular weight is 292 g/mol. The molecule has 1 heterocycles. The Morgan fingerprint density at radius 3 is 2.71 bits per heavy atom. The molecule has 2 N–H and O–H groups in total. The number of rotatable bonds is 6. The van der Waals surface area contributed by atoms with Gasteiger partial charge >= 0.3 is 5.97 Å². The Kier molecular flexibility index (Phi) is 3.66. The first-order valence-corrected chi connectivity index (χ1v) is 6.77. The highest BCUT2D eigenvalue weighted by molar-refractivity contribution is 5.93. The second-order valence-corrected chi connectivity index (χ2v) is 5.15. The van der Waals surface area contributed by atoms with Gasteiger partial charge in [-0.25, -0.2) is 0 Å². The molecule has 1 amide bonds. The molecule has 0 unspecified atom stereocenters. The molecule has 0 atom stereocenters. The second-order valence-electron chi connectivity index (χ2n) is 5.15. The van der Waals surface area contributed by atoms with Crippen LogP contribution in [-0.2, 0) is 9.59 Å². The number of carboxylic acid groups (broad SMARTS) is 1. The Labute approximate surface area is 121 Å². The smallest absolute Gasteiger partial charge is 0.317 e. The van der Waals surface area contributed by atoms with Gasteiger partial charge in [0.1, 0.15) is 0 Å². The van der Waals surface area contributed by atoms with E-state index in [0.717, 1.165) is 12.8 Å². The van der Waals surface area contributed by atoms with Crippen LogP contribution in [0.5, 0.6) is 11.5 Å². The van der Waals surface area contributed by atoms with Crippen molar-refractivity contribution in [1.29, 1.82) is 0 Å². The van der Waals surface area contributed by atoms with Gasteiger partial charge in [0.15, 0.2) is 11.5 Å². The standard InChI is InChI=1S/C14H16N2O5/c17-13(6-16(7-14(18)19)10-2-3-10)15-9-1-4-11-12(5-9)21-8-20-11/h1,4-5,10H,2-3,6-8H2,(H,15,17)(H,18,19). The quantitative estimate of drug-likeness (QED) is 0.810. The number of nitrogens with zero attached hydrogens (tertiary/aromatic N) is 1. The number of hydrogen-bond donors (Lipinski definition) is 2. The predicted molar refractivity (Wildman–Crippen MR) is 73.4 cm³/mol. The van der Waals surface area contributed by atoms with Crippen molar-refractivity contribution in [3.8, 4) is 11.5 Å². The third-order valence-corrected chi connectivity index (χ3v) is 3.40. The molecule has 3 rings (SSSR count). The van der Waals surface area contributed by atoms with Crippen LogP contribution >= 0.6 is 0 Å². The topological polar surface area (TPSA) is 88.1 Å². The molecule has 1 aromatic carbocycles. The molecule has 0 bridgehead atoms. The Balaban J connectivity index is 1.59. The van der Waals surface area contributed by atoms with Crippen LogP contribution in [0.25, 0.3) is 0 Å². The third kappa shape index (κ3) is 3.43. The molecule has 0 spiro atoms. The molecule has 1 aliphatic heterocycles. The fraction of sp³-hybridized carbons (Fsp3) is 0.429. The van der Waals surface area contributed by atoms with Crippen molar-refractivity contribution in [3.63, 3.8) is 0 Å². The molecule has 0 saturated heterocycles. The lowest BCUT2D eigenvalue weighted by atomic mass is 10.2. The zero-order valence-corrected chi connectivity index (χ0v) is 11.4. The molecule has 21 heavy (non-hydrogen) atoms. The van der Waals surface area contributed by atoms with Gasteiger partial charge in [0.05, 0.1) is 13.1 Å². The summed E-state index contributed by atoms with van der Waals surface area (Å²) < 4.78 is 10.4. The Bertz CT molecular complexity index is 570. The van der Waals surface area contributed by atoms with E-state index >= 15 is 0 Å². The number of carbonyl (C=O) groups is 2. The Morgan fingerprint density at radius 2 is 2.00 bits per heavy atom. The zero-order chi connectivity index (χ0) is 14.8. The number of ether oxygens (including phenoxy) is 2. The number of anilines is 1. The number of benzene rings is 1. The third-order valence-electron chi connectivity index (χ3n) is 3.40. The Morgan fingerprint density at radius 1 is 1.24 bits per heavy atom. The number of carboxylic acids is 1. The van der Waals surface area contributed by atoms with Crippen LogP contribution in [0.1, 0.15) is 12.8 Å². The maximum atomic E-state index is 12.0. The van der Waals surface area contributed by atoms with Gasteiger partial charge in [-0.15, -0.1) is 0 Å². The van der Waals surface area contributed by atoms with E-state index < -0.39 is 5.97 Å². The minimum absolute atomic E-state index is 0.0748. The molecule has 1 aromatic rings. The molecule has 7 heteroatoms. The van der Waals surface area contributed by atoms with Gasteiger partial charge in [0, 0.05) is 17.8 Å². The Hall–Kier alpha value is -2.28. The van der Waals surface area contributed by atoms with Gasteiger partial charge in [-0.2, -0.15) is 0 Å². The van der Waals surface area contributed by atoms with Crippen LogP contribution in [0.15, 0.2) is 18.2 Å². The largest absolute Gasteiger partial charge is 0.480 e. The van der Waals surface area contributed by atoms with Crippen molar-refractivity contribution in [1.82, 2.24) is 4.90 Å². The first-order valence-electron chi connectivity index (χ1n) is 6.77. The van der Waals surface area contributed by atoms with E-state index in [1.807, 2.05) is 0 Å². The molecule has 2 aliphatic rings. The number of fused-ring (bicyclic) bond motifs is 1. The van der Waals surface area contributed by atoms with E-state index in [-0.39, 0.29) is 31.8 Å². The van der Waals surface area contributed by atoms with Crippen LogP contribution in [-0.4, -0.2) is 47.8 Å². The number of aliphatic carboxylic acids is 1. The van der Waals surface area contributed by atoms with Crippen LogP contribution in [0.3, 0.4) is 0 Å². The molecular weight excluding hydrogens is 276 g/mol. The molecule has 7 nitrogen and oxygen atoms in total. The second kappa shape index (κ2) is 5.61. The van der Waals surface area contributed by atoms with Gasteiger partial charge in [0.25, 0.3) is 0 Å². The SMILES string of the molecule is O=C(O)CN(CC(=O)Nc1ccc2c(c1)OCO2)C1CC1. The van der Waals surface area contributed by atoms with E-state index in [1.54, 1.807) is 23.1 Å². The molecule has 1 aliphatic carbocycles. The van der Waals surface area contributed by atoms with E-state index in [1.165, 1.54) is 0 Å². The van der Waals surface area contributed by atoms with Gasteiger partial charge in [-0.3, -0.25) is 14.5 Å². The van der Waals surface area contributed by atoms with Crippen molar-refractivity contribution < 1.29 is 24.2 Å². The monoisotopic (exact) mass is 292 g/mol. The normalized spacial score (nSPS) is 16.0. The molecule has 0 aromatic heterocycles. The summed E-state index contributed by atoms with van der Waals surface area (Å²) in [5, 5.41) is 11.6. The van der Waals surface area contributed by atoms with Crippen molar-refractivity contribution in [2.24, 2.45) is 0 Å². The van der Waals surface area contributed by atoms with Crippen LogP contribution in [0, 0.1) is 0 Å². The minimum atomic E-state index is -0.919. The summed E-state index contributed by atoms with van der Waals surface area (Å²) in [5.74, 6) is 0.0932. The molecule has 112 valence electrons. The molecule has 1 fully saturated rings. The minimum Gasteiger partial charge on any atom is -0.480 e. The van der Waals surface area contributed by atoms with E-state index in [0.29, 0.717) is 17.2 Å². The highest BCUT2D eigenvalue weighted by atomic mass is 16.7. The lowest BCUT2D eigenvalue weighted by Crippen LogP contribution is -2.38. The van der Waals surface area contributed by atoms with Crippen molar-refractivity contribution in [2.75, 3.05) is 25.2 Å². The van der Waals surface area contributed by atoms with Crippen molar-refractivity contribution in [3.05, 3.63) is 18.2 Å². The van der Waals surface area contributed by atoms with Crippen LogP contribution < -0.4 is 14.8 Å². The van der Waals surface area contributed by atoms with Crippen molar-refractivity contribution >= 4 is 17.6 Å². The van der Waals surface area contributed by atoms with Crippen LogP contribution in [0.2, 0.25) is 0 Å². The highest BCUT2D eigenvalue weighted by Gasteiger charge is 2.31. The van der Waals surface area contributed by atoms with E-state index in [2.05, 4.69) is 5.32 Å². The van der Waals surface area contributed by atoms with E-state index in [9.17, 15) is 9.59 Å². The maximum absolute atomic E-state index is 12.0. The number of hydrogen-bond acceptors (Lipinski definition) is 5. The first kappa shape index (κ1) is 13.7. The summed E-state index contributed by atoms with van der Waals surface area (Å²) >= 11 is 0. The summed E-state index contributed by atoms with van der Waals surface area (Å²) in [6.07, 6.45) is 1.90. The molecular formula is C14H16N2O5. The summed E-state index contributed by atoms with van der Waals surface area (Å²) in [6.45, 7) is 0.144.